The molecule has 3 heterocycles. The van der Waals surface area contributed by atoms with E-state index in [4.69, 9.17) is 0 Å². The minimum Gasteiger partial charge on any atom is -0.357 e. The second kappa shape index (κ2) is 6.41. The van der Waals surface area contributed by atoms with Gasteiger partial charge in [0.1, 0.15) is 11.5 Å². The Kier molecular flexibility index (Phi) is 4.15. The van der Waals surface area contributed by atoms with Crippen molar-refractivity contribution in [3.63, 3.8) is 0 Å². The maximum Gasteiger partial charge on any atom is 0.286 e. The van der Waals surface area contributed by atoms with Crippen LogP contribution in [-0.4, -0.2) is 26.3 Å². The van der Waals surface area contributed by atoms with Crippen LogP contribution in [0.4, 0.5) is 0 Å². The second-order valence-electron chi connectivity index (χ2n) is 5.30. The summed E-state index contributed by atoms with van der Waals surface area (Å²) < 4.78 is 1.89. The molecule has 0 saturated carbocycles. The highest BCUT2D eigenvalue weighted by Crippen LogP contribution is 2.19. The molecule has 0 bridgehead atoms. The lowest BCUT2D eigenvalue weighted by atomic mass is 10.2. The third kappa shape index (κ3) is 2.91. The van der Waals surface area contributed by atoms with Gasteiger partial charge in [0.15, 0.2) is 0 Å². The van der Waals surface area contributed by atoms with Crippen molar-refractivity contribution in [2.45, 2.75) is 13.8 Å². The van der Waals surface area contributed by atoms with E-state index in [2.05, 4.69) is 20.8 Å². The Balaban J connectivity index is 1.78. The fraction of sp³-hybridized carbons (Fsp3) is 0.118. The number of carbonyl (C=O) groups excluding carboxylic acids is 2. The van der Waals surface area contributed by atoms with Crippen molar-refractivity contribution in [1.29, 1.82) is 0 Å². The third-order valence-corrected chi connectivity index (χ3v) is 3.69. The van der Waals surface area contributed by atoms with Crippen molar-refractivity contribution in [2.75, 3.05) is 0 Å². The zero-order valence-electron chi connectivity index (χ0n) is 13.3. The first-order valence-corrected chi connectivity index (χ1v) is 7.42. The van der Waals surface area contributed by atoms with Gasteiger partial charge in [-0.3, -0.25) is 20.4 Å². The van der Waals surface area contributed by atoms with Gasteiger partial charge < -0.3 is 9.55 Å². The van der Waals surface area contributed by atoms with Crippen LogP contribution >= 0.6 is 0 Å². The first-order chi connectivity index (χ1) is 11.6. The fourth-order valence-corrected chi connectivity index (χ4v) is 2.55. The lowest BCUT2D eigenvalue weighted by molar-refractivity contribution is 0.0844. The van der Waals surface area contributed by atoms with E-state index in [1.54, 1.807) is 30.6 Å². The first kappa shape index (κ1) is 15.5. The number of hydrogen-bond donors (Lipinski definition) is 3. The van der Waals surface area contributed by atoms with Crippen LogP contribution in [0.5, 0.6) is 0 Å². The second-order valence-corrected chi connectivity index (χ2v) is 5.30. The van der Waals surface area contributed by atoms with Crippen LogP contribution in [0.15, 0.2) is 48.8 Å². The summed E-state index contributed by atoms with van der Waals surface area (Å²) in [5.74, 6) is -0.0564. The summed E-state index contributed by atoms with van der Waals surface area (Å²) in [5, 5.41) is 0. The van der Waals surface area contributed by atoms with Gasteiger partial charge in [-0.15, -0.1) is 0 Å². The Morgan fingerprint density at radius 3 is 2.54 bits per heavy atom. The van der Waals surface area contributed by atoms with Crippen molar-refractivity contribution >= 4 is 11.8 Å². The maximum absolute atomic E-state index is 12.4. The van der Waals surface area contributed by atoms with Crippen LogP contribution in [-0.2, 0) is 0 Å². The molecule has 0 aliphatic rings. The number of aromatic nitrogens is 3. The molecule has 3 aromatic rings. The number of nitrogens with one attached hydrogen (secondary N) is 3. The van der Waals surface area contributed by atoms with Gasteiger partial charge in [0.2, 0.25) is 0 Å². The quantitative estimate of drug-likeness (QED) is 0.643. The van der Waals surface area contributed by atoms with Crippen molar-refractivity contribution in [1.82, 2.24) is 25.4 Å². The Morgan fingerprint density at radius 1 is 1.08 bits per heavy atom. The Labute approximate surface area is 138 Å². The summed E-state index contributed by atoms with van der Waals surface area (Å²) in [7, 11) is 0. The largest absolute Gasteiger partial charge is 0.357 e. The summed E-state index contributed by atoms with van der Waals surface area (Å²) in [6.45, 7) is 3.74. The molecular weight excluding hydrogens is 306 g/mol. The molecule has 3 N–H and O–H groups in total. The number of hydrogen-bond acceptors (Lipinski definition) is 3. The van der Waals surface area contributed by atoms with Crippen molar-refractivity contribution in [2.24, 2.45) is 0 Å². The average Bonchev–Trinajstić information content (AvgIpc) is 3.21. The van der Waals surface area contributed by atoms with Crippen LogP contribution in [0.3, 0.4) is 0 Å². The smallest absolute Gasteiger partial charge is 0.286 e. The lowest BCUT2D eigenvalue weighted by Gasteiger charge is -2.09. The predicted molar refractivity (Wildman–Crippen MR) is 88.8 cm³/mol. The van der Waals surface area contributed by atoms with Crippen LogP contribution < -0.4 is 10.9 Å². The summed E-state index contributed by atoms with van der Waals surface area (Å²) >= 11 is 0. The highest BCUT2D eigenvalue weighted by Gasteiger charge is 2.17. The molecule has 3 rings (SSSR count). The molecule has 122 valence electrons. The maximum atomic E-state index is 12.4. The Hall–Kier alpha value is -3.35. The molecule has 0 saturated heterocycles. The van der Waals surface area contributed by atoms with E-state index in [9.17, 15) is 9.59 Å². The van der Waals surface area contributed by atoms with Crippen molar-refractivity contribution in [3.8, 4) is 5.82 Å². The van der Waals surface area contributed by atoms with E-state index in [0.717, 1.165) is 17.2 Å². The molecule has 0 unspecified atom stereocenters. The van der Waals surface area contributed by atoms with E-state index < -0.39 is 5.91 Å². The highest BCUT2D eigenvalue weighted by molar-refractivity contribution is 5.99. The fourth-order valence-electron chi connectivity index (χ4n) is 2.55. The predicted octanol–water partition coefficient (Wildman–Crippen LogP) is 1.89. The zero-order chi connectivity index (χ0) is 17.1. The average molecular weight is 323 g/mol. The van der Waals surface area contributed by atoms with Gasteiger partial charge >= 0.3 is 0 Å². The van der Waals surface area contributed by atoms with Gasteiger partial charge in [0, 0.05) is 23.8 Å². The molecule has 0 atom stereocenters. The van der Waals surface area contributed by atoms with Crippen LogP contribution in [0.25, 0.3) is 5.82 Å². The van der Waals surface area contributed by atoms with Crippen LogP contribution in [0.1, 0.15) is 32.2 Å². The number of H-pyrrole nitrogens is 1. The molecule has 3 aromatic heterocycles. The van der Waals surface area contributed by atoms with E-state index in [1.165, 1.54) is 0 Å². The van der Waals surface area contributed by atoms with Gasteiger partial charge in [-0.1, -0.05) is 6.07 Å². The van der Waals surface area contributed by atoms with Crippen molar-refractivity contribution in [3.05, 3.63) is 71.4 Å². The standard InChI is InChI=1S/C17H17N5O2/c1-11-10-13(12(2)22(11)15-7-3-4-8-19-15)16(23)20-21-17(24)14-6-5-9-18-14/h3-10,18H,1-2H3,(H,20,23)(H,21,24). The van der Waals surface area contributed by atoms with Crippen LogP contribution in [0.2, 0.25) is 0 Å². The molecule has 0 fully saturated rings. The minimum absolute atomic E-state index is 0.370. The number of hydrazine groups is 1. The molecule has 0 aliphatic heterocycles. The molecule has 0 aromatic carbocycles. The Morgan fingerprint density at radius 2 is 1.88 bits per heavy atom. The molecule has 0 spiro atoms. The monoisotopic (exact) mass is 323 g/mol. The van der Waals surface area contributed by atoms with Gasteiger partial charge in [-0.2, -0.15) is 0 Å². The molecule has 7 nitrogen and oxygen atoms in total. The van der Waals surface area contributed by atoms with Gasteiger partial charge in [0.25, 0.3) is 11.8 Å². The van der Waals surface area contributed by atoms with Gasteiger partial charge in [-0.25, -0.2) is 4.98 Å². The third-order valence-electron chi connectivity index (χ3n) is 3.69. The number of aryl methyl sites for hydroxylation is 1. The van der Waals surface area contributed by atoms with E-state index in [1.807, 2.05) is 36.6 Å². The summed E-state index contributed by atoms with van der Waals surface area (Å²) in [5.41, 5.74) is 7.29. The summed E-state index contributed by atoms with van der Waals surface area (Å²) in [6.07, 6.45) is 3.34. The van der Waals surface area contributed by atoms with Crippen LogP contribution in [0, 0.1) is 13.8 Å². The molecule has 0 aliphatic carbocycles. The van der Waals surface area contributed by atoms with Gasteiger partial charge in [0.05, 0.1) is 5.56 Å². The lowest BCUT2D eigenvalue weighted by Crippen LogP contribution is -2.41. The molecule has 7 heteroatoms. The normalized spacial score (nSPS) is 10.4. The highest BCUT2D eigenvalue weighted by atomic mass is 16.2. The number of pyridine rings is 1. The zero-order valence-corrected chi connectivity index (χ0v) is 13.3. The summed E-state index contributed by atoms with van der Waals surface area (Å²) in [4.78, 5) is 31.3. The SMILES string of the molecule is Cc1cc(C(=O)NNC(=O)c2ccc[nH]2)c(C)n1-c1ccccn1. The number of rotatable bonds is 3. The Bertz CT molecular complexity index is 866. The van der Waals surface area contributed by atoms with E-state index >= 15 is 0 Å². The molecule has 24 heavy (non-hydrogen) atoms. The van der Waals surface area contributed by atoms with Crippen molar-refractivity contribution < 1.29 is 9.59 Å². The number of amides is 2. The van der Waals surface area contributed by atoms with Gasteiger partial charge in [-0.05, 0) is 44.2 Å². The van der Waals surface area contributed by atoms with E-state index in [-0.39, 0.29) is 5.91 Å². The first-order valence-electron chi connectivity index (χ1n) is 7.42. The molecule has 0 radical (unpaired) electrons. The van der Waals surface area contributed by atoms with E-state index in [0.29, 0.717) is 11.3 Å². The number of aromatic amines is 1. The number of carbonyl (C=O) groups is 2. The topological polar surface area (TPSA) is 91.8 Å². The molecule has 2 amide bonds. The minimum atomic E-state index is -0.410. The number of nitrogens with zero attached hydrogens (tertiary/aromatic N) is 2. The molecular formula is C17H17N5O2. The summed E-state index contributed by atoms with van der Waals surface area (Å²) in [6, 6.07) is 10.7.